The Balaban J connectivity index is 1.60. The molecule has 0 bridgehead atoms. The molecule has 0 fully saturated rings. The molecule has 1 N–H and O–H groups in total. The molecule has 6 nitrogen and oxygen atoms in total. The van der Waals surface area contributed by atoms with Crippen molar-refractivity contribution in [3.8, 4) is 11.3 Å². The van der Waals surface area contributed by atoms with E-state index in [1.54, 1.807) is 0 Å². The van der Waals surface area contributed by atoms with Crippen LogP contribution in [0.5, 0.6) is 0 Å². The first kappa shape index (κ1) is 24.2. The summed E-state index contributed by atoms with van der Waals surface area (Å²) in [4.78, 5) is 30.2. The molecule has 4 aromatic rings. The van der Waals surface area contributed by atoms with Crippen molar-refractivity contribution in [2.75, 3.05) is 11.9 Å². The van der Waals surface area contributed by atoms with Gasteiger partial charge in [-0.25, -0.2) is 9.37 Å². The molecular weight excluding hydrogens is 469 g/mol. The fourth-order valence-electron chi connectivity index (χ4n) is 3.57. The number of esters is 1. The number of ether oxygens (including phenoxy) is 1. The van der Waals surface area contributed by atoms with Crippen molar-refractivity contribution >= 4 is 23.4 Å². The lowest BCUT2D eigenvalue weighted by Gasteiger charge is -2.16. The summed E-state index contributed by atoms with van der Waals surface area (Å²) >= 11 is 6.48. The number of nitrogens with zero attached hydrogens (tertiary/aromatic N) is 2. The quantitative estimate of drug-likeness (QED) is 0.330. The number of hydrogen-bond acceptors (Lipinski definition) is 5. The maximum atomic E-state index is 13.5. The van der Waals surface area contributed by atoms with Crippen LogP contribution >= 0.6 is 11.6 Å². The van der Waals surface area contributed by atoms with E-state index in [2.05, 4.69) is 10.3 Å². The Morgan fingerprint density at radius 3 is 2.23 bits per heavy atom. The molecule has 0 atom stereocenters. The van der Waals surface area contributed by atoms with Gasteiger partial charge < -0.3 is 10.1 Å². The third-order valence-corrected chi connectivity index (χ3v) is 5.58. The third-order valence-electron chi connectivity index (χ3n) is 5.32. The Labute approximate surface area is 207 Å². The first-order chi connectivity index (χ1) is 17.0. The highest BCUT2D eigenvalue weighted by molar-refractivity contribution is 6.32. The molecule has 0 unspecified atom stereocenters. The van der Waals surface area contributed by atoms with Crippen molar-refractivity contribution in [3.63, 3.8) is 0 Å². The zero-order chi connectivity index (χ0) is 24.6. The predicted octanol–water partition coefficient (Wildman–Crippen LogP) is 5.10. The first-order valence-electron chi connectivity index (χ1n) is 11.0. The van der Waals surface area contributed by atoms with Crippen LogP contribution in [0, 0.1) is 5.82 Å². The smallest absolute Gasteiger partial charge is 0.326 e. The molecule has 0 spiro atoms. The van der Waals surface area contributed by atoms with Crippen molar-refractivity contribution in [1.29, 1.82) is 0 Å². The third kappa shape index (κ3) is 6.33. The molecule has 1 heterocycles. The average molecular weight is 492 g/mol. The second kappa shape index (κ2) is 11.4. The van der Waals surface area contributed by atoms with E-state index in [0.29, 0.717) is 18.5 Å². The van der Waals surface area contributed by atoms with Gasteiger partial charge in [-0.2, -0.15) is 0 Å². The standard InChI is InChI=1S/C27H23ClFN3O3/c28-25-24(21-11-13-22(29)14-12-21)32(17-23(33)35-18-20-9-5-2-6-10-20)27(34)26(31-25)30-16-15-19-7-3-1-4-8-19/h1-14H,15-18H2,(H,30,31). The Hall–Kier alpha value is -3.97. The van der Waals surface area contributed by atoms with Crippen LogP contribution in [0.4, 0.5) is 10.2 Å². The minimum atomic E-state index is -0.614. The Morgan fingerprint density at radius 1 is 0.943 bits per heavy atom. The lowest BCUT2D eigenvalue weighted by molar-refractivity contribution is -0.145. The molecule has 1 aromatic heterocycles. The fourth-order valence-corrected chi connectivity index (χ4v) is 3.87. The van der Waals surface area contributed by atoms with Gasteiger partial charge in [0.1, 0.15) is 19.0 Å². The number of halogens is 2. The topological polar surface area (TPSA) is 73.2 Å². The normalized spacial score (nSPS) is 10.7. The second-order valence-electron chi connectivity index (χ2n) is 7.81. The predicted molar refractivity (Wildman–Crippen MR) is 134 cm³/mol. The highest BCUT2D eigenvalue weighted by Crippen LogP contribution is 2.26. The van der Waals surface area contributed by atoms with Crippen molar-refractivity contribution in [3.05, 3.63) is 117 Å². The van der Waals surface area contributed by atoms with E-state index in [9.17, 15) is 14.0 Å². The molecule has 0 saturated heterocycles. The van der Waals surface area contributed by atoms with E-state index >= 15 is 0 Å². The number of carbonyl (C=O) groups excluding carboxylic acids is 1. The highest BCUT2D eigenvalue weighted by Gasteiger charge is 2.20. The van der Waals surface area contributed by atoms with Crippen LogP contribution in [0.15, 0.2) is 89.7 Å². The summed E-state index contributed by atoms with van der Waals surface area (Å²) in [7, 11) is 0. The largest absolute Gasteiger partial charge is 0.459 e. The van der Waals surface area contributed by atoms with Crippen LogP contribution in [0.1, 0.15) is 11.1 Å². The summed E-state index contributed by atoms with van der Waals surface area (Å²) < 4.78 is 20.1. The lowest BCUT2D eigenvalue weighted by atomic mass is 10.1. The van der Waals surface area contributed by atoms with Gasteiger partial charge in [0.25, 0.3) is 5.56 Å². The van der Waals surface area contributed by atoms with E-state index < -0.39 is 17.3 Å². The molecule has 0 amide bonds. The molecule has 0 aliphatic heterocycles. The van der Waals surface area contributed by atoms with Crippen LogP contribution in [-0.4, -0.2) is 22.1 Å². The summed E-state index contributed by atoms with van der Waals surface area (Å²) in [6.07, 6.45) is 0.665. The van der Waals surface area contributed by atoms with Crippen molar-refractivity contribution in [2.45, 2.75) is 19.6 Å². The van der Waals surface area contributed by atoms with Crippen molar-refractivity contribution in [2.24, 2.45) is 0 Å². The number of benzene rings is 3. The maximum absolute atomic E-state index is 13.5. The SMILES string of the molecule is O=C(Cn1c(-c2ccc(F)cc2)c(Cl)nc(NCCc2ccccc2)c1=O)OCc1ccccc1. The van der Waals surface area contributed by atoms with E-state index in [-0.39, 0.29) is 29.8 Å². The van der Waals surface area contributed by atoms with Gasteiger partial charge in [0, 0.05) is 12.1 Å². The molecule has 3 aromatic carbocycles. The van der Waals surface area contributed by atoms with Crippen LogP contribution in [0.2, 0.25) is 5.15 Å². The van der Waals surface area contributed by atoms with Crippen molar-refractivity contribution in [1.82, 2.24) is 9.55 Å². The fraction of sp³-hybridized carbons (Fsp3) is 0.148. The Bertz CT molecular complexity index is 1340. The molecule has 8 heteroatoms. The zero-order valence-electron chi connectivity index (χ0n) is 18.8. The van der Waals surface area contributed by atoms with Gasteiger partial charge in [0.05, 0.1) is 5.69 Å². The number of anilines is 1. The summed E-state index contributed by atoms with van der Waals surface area (Å²) in [5.41, 5.74) is 2.05. The molecule has 0 radical (unpaired) electrons. The summed E-state index contributed by atoms with van der Waals surface area (Å²) in [6, 6.07) is 24.5. The molecule has 0 aliphatic carbocycles. The number of carbonyl (C=O) groups is 1. The molecule has 0 aliphatic rings. The number of aromatic nitrogens is 2. The monoisotopic (exact) mass is 491 g/mol. The molecule has 178 valence electrons. The molecule has 0 saturated carbocycles. The summed E-state index contributed by atoms with van der Waals surface area (Å²) in [6.45, 7) is 0.131. The van der Waals surface area contributed by atoms with Gasteiger partial charge in [0.15, 0.2) is 11.0 Å². The van der Waals surface area contributed by atoms with E-state index in [1.807, 2.05) is 60.7 Å². The minimum Gasteiger partial charge on any atom is -0.459 e. The van der Waals surface area contributed by atoms with E-state index in [1.165, 1.54) is 28.8 Å². The Morgan fingerprint density at radius 2 is 1.57 bits per heavy atom. The van der Waals surface area contributed by atoms with Crippen LogP contribution in [0.25, 0.3) is 11.3 Å². The van der Waals surface area contributed by atoms with Gasteiger partial charge in [-0.05, 0) is 41.8 Å². The average Bonchev–Trinajstić information content (AvgIpc) is 2.88. The van der Waals surface area contributed by atoms with Crippen LogP contribution < -0.4 is 10.9 Å². The van der Waals surface area contributed by atoms with Crippen molar-refractivity contribution < 1.29 is 13.9 Å². The number of rotatable bonds is 9. The number of hydrogen-bond donors (Lipinski definition) is 1. The van der Waals surface area contributed by atoms with Gasteiger partial charge in [-0.3, -0.25) is 14.2 Å². The van der Waals surface area contributed by atoms with E-state index in [4.69, 9.17) is 16.3 Å². The number of nitrogens with one attached hydrogen (secondary N) is 1. The first-order valence-corrected chi connectivity index (χ1v) is 11.4. The molecule has 35 heavy (non-hydrogen) atoms. The van der Waals surface area contributed by atoms with Gasteiger partial charge in [0.2, 0.25) is 0 Å². The van der Waals surface area contributed by atoms with E-state index in [0.717, 1.165) is 11.1 Å². The Kier molecular flexibility index (Phi) is 7.90. The minimum absolute atomic E-state index is 0.00859. The maximum Gasteiger partial charge on any atom is 0.326 e. The van der Waals surface area contributed by atoms with Gasteiger partial charge in [-0.15, -0.1) is 0 Å². The molecular formula is C27H23ClFN3O3. The summed E-state index contributed by atoms with van der Waals surface area (Å²) in [5.74, 6) is -1.03. The summed E-state index contributed by atoms with van der Waals surface area (Å²) in [5, 5.41) is 3.03. The lowest BCUT2D eigenvalue weighted by Crippen LogP contribution is -2.30. The highest BCUT2D eigenvalue weighted by atomic mass is 35.5. The van der Waals surface area contributed by atoms with Gasteiger partial charge >= 0.3 is 5.97 Å². The zero-order valence-corrected chi connectivity index (χ0v) is 19.5. The van der Waals surface area contributed by atoms with Crippen LogP contribution in [0.3, 0.4) is 0 Å². The van der Waals surface area contributed by atoms with Gasteiger partial charge in [-0.1, -0.05) is 72.3 Å². The van der Waals surface area contributed by atoms with Crippen LogP contribution in [-0.2, 0) is 29.1 Å². The molecule has 4 rings (SSSR count). The second-order valence-corrected chi connectivity index (χ2v) is 8.16.